The van der Waals surface area contributed by atoms with Gasteiger partial charge in [-0.05, 0) is 29.5 Å². The van der Waals surface area contributed by atoms with Crippen molar-refractivity contribution < 1.29 is 19.5 Å². The Bertz CT molecular complexity index is 1150. The smallest absolute Gasteiger partial charge is 0.251 e. The van der Waals surface area contributed by atoms with Crippen molar-refractivity contribution >= 4 is 17.7 Å². The van der Waals surface area contributed by atoms with Gasteiger partial charge in [0, 0.05) is 19.4 Å². The Kier molecular flexibility index (Phi) is 13.9. The monoisotopic (exact) mass is 585 g/mol. The second-order valence-corrected chi connectivity index (χ2v) is 11.0. The summed E-state index contributed by atoms with van der Waals surface area (Å²) >= 11 is 0. The van der Waals surface area contributed by atoms with Gasteiger partial charge in [0.15, 0.2) is 6.10 Å². The summed E-state index contributed by atoms with van der Waals surface area (Å²) in [6, 6.07) is 28.0. The standard InChI is InChI=1S/C36H47N3O4/c1-3-5-7-8-18-25-32(40)38-31(34(42)35(43)37-26-6-4-2)27-33(41)39-36(28-19-12-9-13-20-28,29-21-14-10-15-22-29)30-23-16-11-17-24-30/h9-17,19-24,31,34,42H,3-8,18,25-27H2,1-2H3,(H,37,43)(H,38,40)(H,39,41)/t31-,34?/m1/s1. The zero-order valence-electron chi connectivity index (χ0n) is 25.6. The van der Waals surface area contributed by atoms with Gasteiger partial charge in [-0.15, -0.1) is 0 Å². The lowest BCUT2D eigenvalue weighted by Crippen LogP contribution is -2.54. The van der Waals surface area contributed by atoms with Gasteiger partial charge in [0.25, 0.3) is 5.91 Å². The molecule has 3 aromatic carbocycles. The molecule has 0 fully saturated rings. The summed E-state index contributed by atoms with van der Waals surface area (Å²) in [7, 11) is 0. The third-order valence-corrected chi connectivity index (χ3v) is 7.69. The molecule has 2 atom stereocenters. The van der Waals surface area contributed by atoms with Crippen molar-refractivity contribution in [1.82, 2.24) is 16.0 Å². The second-order valence-electron chi connectivity index (χ2n) is 11.0. The maximum atomic E-state index is 14.0. The molecule has 4 N–H and O–H groups in total. The average Bonchev–Trinajstić information content (AvgIpc) is 3.04. The van der Waals surface area contributed by atoms with E-state index in [2.05, 4.69) is 22.9 Å². The fourth-order valence-electron chi connectivity index (χ4n) is 5.33. The first-order valence-corrected chi connectivity index (χ1v) is 15.6. The number of amides is 3. The van der Waals surface area contributed by atoms with Crippen LogP contribution in [0, 0.1) is 0 Å². The van der Waals surface area contributed by atoms with E-state index in [0.29, 0.717) is 13.0 Å². The van der Waals surface area contributed by atoms with E-state index in [-0.39, 0.29) is 18.7 Å². The molecule has 43 heavy (non-hydrogen) atoms. The molecule has 0 radical (unpaired) electrons. The molecule has 0 bridgehead atoms. The van der Waals surface area contributed by atoms with Crippen LogP contribution in [0.5, 0.6) is 0 Å². The summed E-state index contributed by atoms with van der Waals surface area (Å²) in [5, 5.41) is 19.9. The van der Waals surface area contributed by atoms with Crippen LogP contribution in [0.4, 0.5) is 0 Å². The summed E-state index contributed by atoms with van der Waals surface area (Å²) in [4.78, 5) is 39.8. The highest BCUT2D eigenvalue weighted by molar-refractivity contribution is 5.86. The lowest BCUT2D eigenvalue weighted by molar-refractivity contribution is -0.133. The quantitative estimate of drug-likeness (QED) is 0.115. The Hall–Kier alpha value is -3.97. The van der Waals surface area contributed by atoms with E-state index in [4.69, 9.17) is 0 Å². The molecule has 230 valence electrons. The highest BCUT2D eigenvalue weighted by atomic mass is 16.3. The largest absolute Gasteiger partial charge is 0.381 e. The van der Waals surface area contributed by atoms with Crippen LogP contribution in [0.25, 0.3) is 0 Å². The normalized spacial score (nSPS) is 12.6. The minimum atomic E-state index is -1.58. The summed E-state index contributed by atoms with van der Waals surface area (Å²) in [5.74, 6) is -1.30. The first kappa shape index (κ1) is 33.5. The summed E-state index contributed by atoms with van der Waals surface area (Å²) in [6.45, 7) is 4.56. The molecule has 0 aliphatic rings. The van der Waals surface area contributed by atoms with E-state index in [1.165, 1.54) is 0 Å². The topological polar surface area (TPSA) is 108 Å². The van der Waals surface area contributed by atoms with E-state index in [9.17, 15) is 19.5 Å². The summed E-state index contributed by atoms with van der Waals surface area (Å²) in [6.07, 6.45) is 4.99. The molecule has 1 unspecified atom stereocenters. The third-order valence-electron chi connectivity index (χ3n) is 7.69. The van der Waals surface area contributed by atoms with Gasteiger partial charge in [0.2, 0.25) is 11.8 Å². The fourth-order valence-corrected chi connectivity index (χ4v) is 5.33. The van der Waals surface area contributed by atoms with Gasteiger partial charge in [0.05, 0.1) is 6.04 Å². The molecule has 0 heterocycles. The molecule has 0 aliphatic heterocycles. The third kappa shape index (κ3) is 9.79. The van der Waals surface area contributed by atoms with E-state index in [0.717, 1.165) is 55.2 Å². The fraction of sp³-hybridized carbons (Fsp3) is 0.417. The van der Waals surface area contributed by atoms with Crippen LogP contribution in [0.15, 0.2) is 91.0 Å². The van der Waals surface area contributed by atoms with Crippen LogP contribution >= 0.6 is 0 Å². The molecule has 3 rings (SSSR count). The first-order chi connectivity index (χ1) is 20.9. The Labute approximate surface area is 256 Å². The number of aliphatic hydroxyl groups is 1. The number of unbranched alkanes of at least 4 members (excludes halogenated alkanes) is 5. The Morgan fingerprint density at radius 3 is 1.65 bits per heavy atom. The van der Waals surface area contributed by atoms with Crippen LogP contribution in [0.2, 0.25) is 0 Å². The molecule has 0 aromatic heterocycles. The first-order valence-electron chi connectivity index (χ1n) is 15.6. The van der Waals surface area contributed by atoms with Gasteiger partial charge >= 0.3 is 0 Å². The van der Waals surface area contributed by atoms with Crippen LogP contribution < -0.4 is 16.0 Å². The van der Waals surface area contributed by atoms with Crippen molar-refractivity contribution in [3.63, 3.8) is 0 Å². The predicted molar refractivity (Wildman–Crippen MR) is 171 cm³/mol. The van der Waals surface area contributed by atoms with Gasteiger partial charge in [-0.25, -0.2) is 0 Å². The summed E-state index contributed by atoms with van der Waals surface area (Å²) < 4.78 is 0. The van der Waals surface area contributed by atoms with Crippen molar-refractivity contribution in [2.75, 3.05) is 6.54 Å². The molecule has 7 nitrogen and oxygen atoms in total. The number of hydrogen-bond donors (Lipinski definition) is 4. The van der Waals surface area contributed by atoms with Gasteiger partial charge in [-0.1, -0.05) is 137 Å². The average molecular weight is 586 g/mol. The molecule has 7 heteroatoms. The number of aliphatic hydroxyl groups excluding tert-OH is 1. The Morgan fingerprint density at radius 2 is 1.16 bits per heavy atom. The second kappa shape index (κ2) is 17.9. The lowest BCUT2D eigenvalue weighted by Gasteiger charge is -2.37. The number of carbonyl (C=O) groups is 3. The van der Waals surface area contributed by atoms with Crippen molar-refractivity contribution in [1.29, 1.82) is 0 Å². The van der Waals surface area contributed by atoms with Gasteiger partial charge in [-0.2, -0.15) is 0 Å². The molecular weight excluding hydrogens is 538 g/mol. The molecule has 0 saturated heterocycles. The minimum Gasteiger partial charge on any atom is -0.381 e. The Morgan fingerprint density at radius 1 is 0.674 bits per heavy atom. The molecule has 3 aromatic rings. The van der Waals surface area contributed by atoms with Crippen LogP contribution in [0.3, 0.4) is 0 Å². The molecule has 0 aliphatic carbocycles. The lowest BCUT2D eigenvalue weighted by atomic mass is 9.77. The number of hydrogen-bond acceptors (Lipinski definition) is 4. The number of carbonyl (C=O) groups excluding carboxylic acids is 3. The SMILES string of the molecule is CCCCCCCC(=O)N[C@H](CC(=O)NC(c1ccccc1)(c1ccccc1)c1ccccc1)C(O)C(=O)NCCCC. The maximum Gasteiger partial charge on any atom is 0.251 e. The van der Waals surface area contributed by atoms with Crippen LogP contribution in [-0.2, 0) is 19.9 Å². The number of benzene rings is 3. The summed E-state index contributed by atoms with van der Waals surface area (Å²) in [5.41, 5.74) is 1.51. The maximum absolute atomic E-state index is 14.0. The van der Waals surface area contributed by atoms with E-state index >= 15 is 0 Å². The van der Waals surface area contributed by atoms with Crippen LogP contribution in [0.1, 0.15) is 88.3 Å². The van der Waals surface area contributed by atoms with Gasteiger partial charge in [-0.3, -0.25) is 14.4 Å². The molecule has 3 amide bonds. The molecule has 0 spiro atoms. The number of rotatable bonds is 18. The van der Waals surface area contributed by atoms with Gasteiger partial charge < -0.3 is 21.1 Å². The molecule has 0 saturated carbocycles. The van der Waals surface area contributed by atoms with E-state index in [1.807, 2.05) is 97.9 Å². The molecular formula is C36H47N3O4. The van der Waals surface area contributed by atoms with Crippen LogP contribution in [-0.4, -0.2) is 41.5 Å². The number of nitrogens with one attached hydrogen (secondary N) is 3. The predicted octanol–water partition coefficient (Wildman–Crippen LogP) is 5.61. The zero-order valence-corrected chi connectivity index (χ0v) is 25.6. The Balaban J connectivity index is 1.91. The van der Waals surface area contributed by atoms with E-state index < -0.39 is 29.5 Å². The highest BCUT2D eigenvalue weighted by Crippen LogP contribution is 2.37. The minimum absolute atomic E-state index is 0.272. The highest BCUT2D eigenvalue weighted by Gasteiger charge is 2.39. The van der Waals surface area contributed by atoms with Crippen molar-refractivity contribution in [3.8, 4) is 0 Å². The van der Waals surface area contributed by atoms with E-state index in [1.54, 1.807) is 0 Å². The van der Waals surface area contributed by atoms with Crippen molar-refractivity contribution in [3.05, 3.63) is 108 Å². The zero-order chi connectivity index (χ0) is 30.9. The van der Waals surface area contributed by atoms with Crippen molar-refractivity contribution in [2.45, 2.75) is 89.3 Å². The van der Waals surface area contributed by atoms with Gasteiger partial charge in [0.1, 0.15) is 5.54 Å². The van der Waals surface area contributed by atoms with Crippen molar-refractivity contribution in [2.24, 2.45) is 0 Å².